The highest BCUT2D eigenvalue weighted by Crippen LogP contribution is 2.30. The van der Waals surface area contributed by atoms with Gasteiger partial charge in [-0.3, -0.25) is 9.10 Å². The van der Waals surface area contributed by atoms with Crippen molar-refractivity contribution in [1.82, 2.24) is 10.3 Å². The number of hydrogen-bond acceptors (Lipinski definition) is 5. The molecule has 0 radical (unpaired) electrons. The third-order valence-corrected chi connectivity index (χ3v) is 7.35. The van der Waals surface area contributed by atoms with Gasteiger partial charge in [-0.25, -0.2) is 13.4 Å². The molecule has 152 valence electrons. The summed E-state index contributed by atoms with van der Waals surface area (Å²) in [6, 6.07) is 10.8. The second-order valence-electron chi connectivity index (χ2n) is 7.01. The molecule has 0 atom stereocenters. The van der Waals surface area contributed by atoms with Crippen LogP contribution in [0.1, 0.15) is 27.3 Å². The second-order valence-corrected chi connectivity index (χ2v) is 10.5. The molecule has 1 aromatic heterocycles. The van der Waals surface area contributed by atoms with E-state index in [0.717, 1.165) is 33.6 Å². The predicted octanol–water partition coefficient (Wildman–Crippen LogP) is 3.63. The summed E-state index contributed by atoms with van der Waals surface area (Å²) in [5.74, 6) is -0.173. The first-order chi connectivity index (χ1) is 13.8. The lowest BCUT2D eigenvalue weighted by Gasteiger charge is -2.29. The number of halogens is 1. The molecule has 4 rings (SSSR count). The number of nitrogens with one attached hydrogen (secondary N) is 1. The maximum atomic E-state index is 12.5. The van der Waals surface area contributed by atoms with Crippen molar-refractivity contribution in [3.05, 3.63) is 57.6 Å². The Morgan fingerprint density at radius 3 is 2.90 bits per heavy atom. The first-order valence-electron chi connectivity index (χ1n) is 9.25. The Labute approximate surface area is 178 Å². The molecule has 0 unspecified atom stereocenters. The average molecular weight is 450 g/mol. The number of aryl methyl sites for hydroxylation is 1. The summed E-state index contributed by atoms with van der Waals surface area (Å²) >= 11 is 7.59. The number of sulfonamides is 1. The maximum absolute atomic E-state index is 12.5. The number of rotatable bonds is 5. The molecule has 0 aliphatic carbocycles. The molecule has 0 saturated carbocycles. The molecule has 0 spiro atoms. The van der Waals surface area contributed by atoms with Gasteiger partial charge in [0.15, 0.2) is 0 Å². The van der Waals surface area contributed by atoms with E-state index in [2.05, 4.69) is 10.3 Å². The number of benzene rings is 2. The number of carbonyl (C=O) groups excluding carboxylic acids is 1. The smallest absolute Gasteiger partial charge is 0.251 e. The van der Waals surface area contributed by atoms with Gasteiger partial charge in [0.1, 0.15) is 0 Å². The molecule has 29 heavy (non-hydrogen) atoms. The quantitative estimate of drug-likeness (QED) is 0.645. The number of nitrogens with zero attached hydrogens (tertiary/aromatic N) is 2. The van der Waals surface area contributed by atoms with E-state index in [1.807, 2.05) is 18.2 Å². The number of anilines is 1. The third-order valence-electron chi connectivity index (χ3n) is 4.84. The first-order valence-corrected chi connectivity index (χ1v) is 12.3. The number of aromatic nitrogens is 1. The van der Waals surface area contributed by atoms with Crippen molar-refractivity contribution in [1.29, 1.82) is 0 Å². The minimum atomic E-state index is -3.31. The molecule has 2 aromatic carbocycles. The minimum Gasteiger partial charge on any atom is -0.352 e. The SMILES string of the molecule is CS(=O)(=O)N1CCCc2cc(C(=O)NCCc3nc4cc(Cl)ccc4s3)ccc21. The van der Waals surface area contributed by atoms with Crippen molar-refractivity contribution in [3.8, 4) is 0 Å². The fraction of sp³-hybridized carbons (Fsp3) is 0.300. The van der Waals surface area contributed by atoms with Crippen molar-refractivity contribution in [2.75, 3.05) is 23.7 Å². The van der Waals surface area contributed by atoms with Gasteiger partial charge >= 0.3 is 0 Å². The van der Waals surface area contributed by atoms with E-state index in [1.54, 1.807) is 29.5 Å². The Kier molecular flexibility index (Phi) is 5.50. The van der Waals surface area contributed by atoms with E-state index < -0.39 is 10.0 Å². The van der Waals surface area contributed by atoms with Crippen LogP contribution in [0.15, 0.2) is 36.4 Å². The summed E-state index contributed by atoms with van der Waals surface area (Å²) in [5.41, 5.74) is 2.96. The number of thiazole rings is 1. The Morgan fingerprint density at radius 2 is 2.10 bits per heavy atom. The molecule has 3 aromatic rings. The number of hydrogen-bond donors (Lipinski definition) is 1. The Balaban J connectivity index is 1.42. The normalized spacial score (nSPS) is 14.1. The highest BCUT2D eigenvalue weighted by atomic mass is 35.5. The van der Waals surface area contributed by atoms with Crippen LogP contribution in [0, 0.1) is 0 Å². The summed E-state index contributed by atoms with van der Waals surface area (Å²) in [7, 11) is -3.31. The molecule has 6 nitrogen and oxygen atoms in total. The van der Waals surface area contributed by atoms with Crippen LogP contribution in [0.3, 0.4) is 0 Å². The molecule has 1 N–H and O–H groups in total. The maximum Gasteiger partial charge on any atom is 0.251 e. The zero-order chi connectivity index (χ0) is 20.6. The van der Waals surface area contributed by atoms with Crippen LogP contribution >= 0.6 is 22.9 Å². The summed E-state index contributed by atoms with van der Waals surface area (Å²) in [6.07, 6.45) is 3.34. The summed E-state index contributed by atoms with van der Waals surface area (Å²) in [5, 5.41) is 4.52. The van der Waals surface area contributed by atoms with Crippen molar-refractivity contribution in [2.24, 2.45) is 0 Å². The summed E-state index contributed by atoms with van der Waals surface area (Å²) in [4.78, 5) is 17.1. The lowest BCUT2D eigenvalue weighted by atomic mass is 10.0. The van der Waals surface area contributed by atoms with Gasteiger partial charge in [0.2, 0.25) is 10.0 Å². The Morgan fingerprint density at radius 1 is 1.28 bits per heavy atom. The third kappa shape index (κ3) is 4.39. The molecule has 0 saturated heterocycles. The Bertz CT molecular complexity index is 1190. The monoisotopic (exact) mass is 449 g/mol. The minimum absolute atomic E-state index is 0.173. The molecule has 1 aliphatic heterocycles. The van der Waals surface area contributed by atoms with Gasteiger partial charge in [-0.05, 0) is 54.8 Å². The predicted molar refractivity (Wildman–Crippen MR) is 118 cm³/mol. The van der Waals surface area contributed by atoms with Crippen molar-refractivity contribution in [3.63, 3.8) is 0 Å². The van der Waals surface area contributed by atoms with Crippen LogP contribution in [-0.2, 0) is 22.9 Å². The van der Waals surface area contributed by atoms with Gasteiger partial charge in [-0.15, -0.1) is 11.3 Å². The fourth-order valence-corrected chi connectivity index (χ4v) is 5.60. The molecular formula is C20H20ClN3O3S2. The molecular weight excluding hydrogens is 430 g/mol. The van der Waals surface area contributed by atoms with E-state index in [4.69, 9.17) is 11.6 Å². The van der Waals surface area contributed by atoms with E-state index in [0.29, 0.717) is 35.8 Å². The topological polar surface area (TPSA) is 79.4 Å². The molecule has 0 fully saturated rings. The van der Waals surface area contributed by atoms with E-state index in [-0.39, 0.29) is 5.91 Å². The molecule has 2 heterocycles. The van der Waals surface area contributed by atoms with Crippen LogP contribution in [0.25, 0.3) is 10.2 Å². The fourth-order valence-electron chi connectivity index (χ4n) is 3.49. The highest BCUT2D eigenvalue weighted by molar-refractivity contribution is 7.92. The van der Waals surface area contributed by atoms with E-state index in [9.17, 15) is 13.2 Å². The van der Waals surface area contributed by atoms with Gasteiger partial charge in [0, 0.05) is 30.1 Å². The van der Waals surface area contributed by atoms with Gasteiger partial charge in [-0.1, -0.05) is 11.6 Å². The summed E-state index contributed by atoms with van der Waals surface area (Å²) < 4.78 is 26.4. The van der Waals surface area contributed by atoms with Crippen molar-refractivity contribution in [2.45, 2.75) is 19.3 Å². The van der Waals surface area contributed by atoms with Crippen LogP contribution < -0.4 is 9.62 Å². The zero-order valence-electron chi connectivity index (χ0n) is 15.8. The van der Waals surface area contributed by atoms with E-state index in [1.165, 1.54) is 10.6 Å². The molecule has 0 bridgehead atoms. The van der Waals surface area contributed by atoms with Crippen LogP contribution in [-0.4, -0.2) is 38.7 Å². The molecule has 1 aliphatic rings. The van der Waals surface area contributed by atoms with Gasteiger partial charge in [0.25, 0.3) is 5.91 Å². The van der Waals surface area contributed by atoms with Crippen LogP contribution in [0.5, 0.6) is 0 Å². The molecule has 9 heteroatoms. The Hall–Kier alpha value is -2.16. The largest absolute Gasteiger partial charge is 0.352 e. The number of amides is 1. The zero-order valence-corrected chi connectivity index (χ0v) is 18.2. The average Bonchev–Trinajstić information content (AvgIpc) is 3.08. The standard InChI is InChI=1S/C20H20ClN3O3S2/c1-29(26,27)24-10-2-3-13-11-14(4-6-17(13)24)20(25)22-9-8-19-23-16-12-15(21)5-7-18(16)28-19/h4-7,11-12H,2-3,8-10H2,1H3,(H,22,25). The lowest BCUT2D eigenvalue weighted by Crippen LogP contribution is -2.34. The van der Waals surface area contributed by atoms with E-state index >= 15 is 0 Å². The second kappa shape index (κ2) is 7.93. The number of fused-ring (bicyclic) bond motifs is 2. The van der Waals surface area contributed by atoms with Crippen LogP contribution in [0.2, 0.25) is 5.02 Å². The van der Waals surface area contributed by atoms with Gasteiger partial charge in [0.05, 0.1) is 27.2 Å². The lowest BCUT2D eigenvalue weighted by molar-refractivity contribution is 0.0954. The van der Waals surface area contributed by atoms with Gasteiger partial charge < -0.3 is 5.32 Å². The van der Waals surface area contributed by atoms with Crippen molar-refractivity contribution >= 4 is 54.8 Å². The van der Waals surface area contributed by atoms with Gasteiger partial charge in [-0.2, -0.15) is 0 Å². The first kappa shape index (κ1) is 20.1. The number of carbonyl (C=O) groups is 1. The molecule has 1 amide bonds. The summed E-state index contributed by atoms with van der Waals surface area (Å²) in [6.45, 7) is 0.948. The van der Waals surface area contributed by atoms with Crippen LogP contribution in [0.4, 0.5) is 5.69 Å². The highest BCUT2D eigenvalue weighted by Gasteiger charge is 2.24. The van der Waals surface area contributed by atoms with Crippen molar-refractivity contribution < 1.29 is 13.2 Å².